The van der Waals surface area contributed by atoms with Crippen molar-refractivity contribution < 1.29 is 23.1 Å². The number of fused-ring (bicyclic) bond motifs is 1. The molecule has 1 fully saturated rings. The maximum absolute atomic E-state index is 13.8. The van der Waals surface area contributed by atoms with Crippen LogP contribution in [0.5, 0.6) is 0 Å². The Labute approximate surface area is 272 Å². The molecule has 0 saturated heterocycles. The molecule has 1 aliphatic carbocycles. The quantitative estimate of drug-likeness (QED) is 0.195. The number of amides is 2. The van der Waals surface area contributed by atoms with Crippen LogP contribution in [0.15, 0.2) is 77.7 Å². The van der Waals surface area contributed by atoms with E-state index in [9.17, 15) is 23.1 Å². The van der Waals surface area contributed by atoms with E-state index in [1.165, 1.54) is 11.8 Å². The van der Waals surface area contributed by atoms with Gasteiger partial charge in [-0.25, -0.2) is 13.1 Å². The minimum atomic E-state index is -3.71. The zero-order valence-electron chi connectivity index (χ0n) is 26.8. The summed E-state index contributed by atoms with van der Waals surface area (Å²) in [5.41, 5.74) is 0.574. The van der Waals surface area contributed by atoms with E-state index in [0.29, 0.717) is 18.8 Å². The number of nitrogens with one attached hydrogen (secondary N) is 3. The van der Waals surface area contributed by atoms with Crippen LogP contribution in [0.25, 0.3) is 10.8 Å². The molecule has 0 heterocycles. The number of carbonyl (C=O) groups excluding carboxylic acids is 2. The lowest BCUT2D eigenvalue weighted by molar-refractivity contribution is -0.128. The summed E-state index contributed by atoms with van der Waals surface area (Å²) >= 11 is 1.39. The molecule has 244 valence electrons. The van der Waals surface area contributed by atoms with Crippen LogP contribution < -0.4 is 15.4 Å². The minimum Gasteiger partial charge on any atom is -0.391 e. The number of benzene rings is 3. The molecule has 0 spiro atoms. The molecule has 3 aromatic rings. The first-order valence-electron chi connectivity index (χ1n) is 15.6. The smallest absolute Gasteiger partial charge is 0.239 e. The van der Waals surface area contributed by atoms with Crippen LogP contribution in [0.2, 0.25) is 0 Å². The standard InChI is InChI=1S/C35H47N3O5S2/c1-23-17-27(29(18-23)33(40)37-35(2,3)4)21-32(39)30(19-24-11-7-6-8-12-24)36-34(41)31(38-45(5,42)43)22-44-28-16-15-25-13-9-10-14-26(25)20-28/h6-16,20,23,27,29-32,38-39H,17-19,21-22H2,1-5H3,(H,36,41)(H,37,40). The zero-order chi connectivity index (χ0) is 32.8. The van der Waals surface area contributed by atoms with Crippen LogP contribution in [0.1, 0.15) is 52.5 Å². The van der Waals surface area contributed by atoms with Gasteiger partial charge in [0.1, 0.15) is 6.04 Å². The lowest BCUT2D eigenvalue weighted by Gasteiger charge is -2.31. The maximum atomic E-state index is 13.8. The van der Waals surface area contributed by atoms with Gasteiger partial charge in [0, 0.05) is 22.1 Å². The fraction of sp³-hybridized carbons (Fsp3) is 0.486. The van der Waals surface area contributed by atoms with Crippen molar-refractivity contribution in [1.82, 2.24) is 15.4 Å². The summed E-state index contributed by atoms with van der Waals surface area (Å²) in [5.74, 6) is -0.261. The Kier molecular flexibility index (Phi) is 11.7. The molecule has 1 saturated carbocycles. The summed E-state index contributed by atoms with van der Waals surface area (Å²) in [7, 11) is -3.71. The van der Waals surface area contributed by atoms with Crippen LogP contribution in [0.3, 0.4) is 0 Å². The van der Waals surface area contributed by atoms with Gasteiger partial charge in [-0.05, 0) is 86.8 Å². The Morgan fingerprint density at radius 3 is 2.31 bits per heavy atom. The van der Waals surface area contributed by atoms with Gasteiger partial charge in [-0.15, -0.1) is 11.8 Å². The average molecular weight is 654 g/mol. The number of sulfonamides is 1. The normalized spacial score (nSPS) is 20.8. The van der Waals surface area contributed by atoms with Gasteiger partial charge >= 0.3 is 0 Å². The van der Waals surface area contributed by atoms with Crippen molar-refractivity contribution in [3.63, 3.8) is 0 Å². The fourth-order valence-electron chi connectivity index (χ4n) is 6.21. The maximum Gasteiger partial charge on any atom is 0.239 e. The first-order chi connectivity index (χ1) is 21.2. The van der Waals surface area contributed by atoms with Gasteiger partial charge in [-0.1, -0.05) is 67.6 Å². The van der Waals surface area contributed by atoms with Crippen molar-refractivity contribution in [2.45, 2.75) is 82.0 Å². The van der Waals surface area contributed by atoms with Crippen molar-refractivity contribution in [1.29, 1.82) is 0 Å². The van der Waals surface area contributed by atoms with Gasteiger partial charge in [0.05, 0.1) is 18.4 Å². The Morgan fingerprint density at radius 2 is 1.64 bits per heavy atom. The van der Waals surface area contributed by atoms with E-state index in [1.807, 2.05) is 93.6 Å². The van der Waals surface area contributed by atoms with Gasteiger partial charge < -0.3 is 15.7 Å². The highest BCUT2D eigenvalue weighted by Gasteiger charge is 2.40. The summed E-state index contributed by atoms with van der Waals surface area (Å²) in [6.45, 7) is 8.00. The van der Waals surface area contributed by atoms with E-state index in [0.717, 1.165) is 40.3 Å². The number of hydrogen-bond acceptors (Lipinski definition) is 6. The number of hydrogen-bond donors (Lipinski definition) is 4. The lowest BCUT2D eigenvalue weighted by atomic mass is 9.86. The molecule has 2 amide bonds. The third-order valence-electron chi connectivity index (χ3n) is 8.21. The molecule has 0 radical (unpaired) electrons. The van der Waals surface area contributed by atoms with E-state index in [4.69, 9.17) is 0 Å². The molecule has 45 heavy (non-hydrogen) atoms. The molecular weight excluding hydrogens is 607 g/mol. The molecule has 0 aliphatic heterocycles. The van der Waals surface area contributed by atoms with Gasteiger partial charge in [-0.2, -0.15) is 0 Å². The predicted molar refractivity (Wildman–Crippen MR) is 182 cm³/mol. The molecule has 6 atom stereocenters. The second-order valence-electron chi connectivity index (χ2n) is 13.6. The van der Waals surface area contributed by atoms with E-state index >= 15 is 0 Å². The largest absolute Gasteiger partial charge is 0.391 e. The van der Waals surface area contributed by atoms with Gasteiger partial charge in [0.15, 0.2) is 0 Å². The van der Waals surface area contributed by atoms with Crippen molar-refractivity contribution >= 4 is 44.4 Å². The predicted octanol–water partition coefficient (Wildman–Crippen LogP) is 4.91. The SMILES string of the molecule is CC1CC(CC(O)C(Cc2ccccc2)NC(=O)C(CSc2ccc3ccccc3c2)NS(C)(=O)=O)C(C(=O)NC(C)(C)C)C1. The van der Waals surface area contributed by atoms with E-state index in [2.05, 4.69) is 22.3 Å². The van der Waals surface area contributed by atoms with Crippen LogP contribution in [0.4, 0.5) is 0 Å². The topological polar surface area (TPSA) is 125 Å². The van der Waals surface area contributed by atoms with Crippen molar-refractivity contribution in [2.75, 3.05) is 12.0 Å². The molecular formula is C35H47N3O5S2. The van der Waals surface area contributed by atoms with E-state index in [1.54, 1.807) is 0 Å². The summed E-state index contributed by atoms with van der Waals surface area (Å²) < 4.78 is 27.1. The summed E-state index contributed by atoms with van der Waals surface area (Å²) in [4.78, 5) is 27.9. The molecule has 10 heteroatoms. The second-order valence-corrected chi connectivity index (χ2v) is 16.4. The summed E-state index contributed by atoms with van der Waals surface area (Å²) in [6.07, 6.45) is 2.36. The molecule has 3 aromatic carbocycles. The number of carbonyl (C=O) groups is 2. The number of aliphatic hydroxyl groups is 1. The highest BCUT2D eigenvalue weighted by atomic mass is 32.2. The monoisotopic (exact) mass is 653 g/mol. The third kappa shape index (κ3) is 10.8. The number of rotatable bonds is 13. The van der Waals surface area contributed by atoms with Gasteiger partial charge in [0.25, 0.3) is 0 Å². The highest BCUT2D eigenvalue weighted by Crippen LogP contribution is 2.40. The molecule has 0 aromatic heterocycles. The van der Waals surface area contributed by atoms with Crippen molar-refractivity contribution in [3.05, 3.63) is 78.4 Å². The van der Waals surface area contributed by atoms with Gasteiger partial charge in [0.2, 0.25) is 21.8 Å². The Bertz CT molecular complexity index is 1560. The molecule has 1 aliphatic rings. The van der Waals surface area contributed by atoms with E-state index < -0.39 is 34.1 Å². The number of aliphatic hydroxyl groups excluding tert-OH is 1. The Morgan fingerprint density at radius 1 is 0.978 bits per heavy atom. The highest BCUT2D eigenvalue weighted by molar-refractivity contribution is 7.99. The molecule has 8 nitrogen and oxygen atoms in total. The molecule has 6 unspecified atom stereocenters. The van der Waals surface area contributed by atoms with Crippen molar-refractivity contribution in [3.8, 4) is 0 Å². The Hall–Kier alpha value is -2.92. The van der Waals surface area contributed by atoms with Crippen molar-refractivity contribution in [2.24, 2.45) is 17.8 Å². The zero-order valence-corrected chi connectivity index (χ0v) is 28.5. The van der Waals surface area contributed by atoms with Crippen LogP contribution in [0, 0.1) is 17.8 Å². The average Bonchev–Trinajstić information content (AvgIpc) is 3.33. The first-order valence-corrected chi connectivity index (χ1v) is 18.5. The minimum absolute atomic E-state index is 0.00386. The lowest BCUT2D eigenvalue weighted by Crippen LogP contribution is -2.54. The molecule has 4 N–H and O–H groups in total. The van der Waals surface area contributed by atoms with Crippen LogP contribution >= 0.6 is 11.8 Å². The van der Waals surface area contributed by atoms with Gasteiger partial charge in [-0.3, -0.25) is 9.59 Å². The fourth-order valence-corrected chi connectivity index (χ4v) is 8.00. The molecule has 0 bridgehead atoms. The van der Waals surface area contributed by atoms with Crippen LogP contribution in [-0.4, -0.2) is 61.1 Å². The second kappa shape index (κ2) is 15.1. The molecule has 4 rings (SSSR count). The van der Waals surface area contributed by atoms with Crippen LogP contribution in [-0.2, 0) is 26.0 Å². The third-order valence-corrected chi connectivity index (χ3v) is 10.0. The summed E-state index contributed by atoms with van der Waals surface area (Å²) in [5, 5.41) is 19.9. The first kappa shape index (κ1) is 34.9. The number of thioether (sulfide) groups is 1. The Balaban J connectivity index is 1.51. The summed E-state index contributed by atoms with van der Waals surface area (Å²) in [6, 6.07) is 21.8. The van der Waals surface area contributed by atoms with E-state index in [-0.39, 0.29) is 29.0 Å².